The number of thioether (sulfide) groups is 1. The smallest absolute Gasteiger partial charge is 0.0880 e. The lowest BCUT2D eigenvalue weighted by molar-refractivity contribution is 0.204. The standard InChI is InChI=1S/C14H22OS/c1-5-11-6-8-12(9-7-11)13(15)10-16-14(2,3)4/h6-9,13,15H,5,10H2,1-4H3. The van der Waals surface area contributed by atoms with Crippen LogP contribution in [-0.2, 0) is 6.42 Å². The van der Waals surface area contributed by atoms with Gasteiger partial charge in [0.1, 0.15) is 0 Å². The van der Waals surface area contributed by atoms with Gasteiger partial charge in [0.2, 0.25) is 0 Å². The summed E-state index contributed by atoms with van der Waals surface area (Å²) in [7, 11) is 0. The van der Waals surface area contributed by atoms with Crippen molar-refractivity contribution in [2.75, 3.05) is 5.75 Å². The average molecular weight is 238 g/mol. The largest absolute Gasteiger partial charge is 0.388 e. The zero-order valence-electron chi connectivity index (χ0n) is 10.7. The van der Waals surface area contributed by atoms with Crippen LogP contribution in [0.2, 0.25) is 0 Å². The first kappa shape index (κ1) is 13.6. The van der Waals surface area contributed by atoms with E-state index in [-0.39, 0.29) is 10.9 Å². The van der Waals surface area contributed by atoms with Crippen LogP contribution in [0.1, 0.15) is 44.9 Å². The van der Waals surface area contributed by atoms with E-state index >= 15 is 0 Å². The van der Waals surface area contributed by atoms with Crippen molar-refractivity contribution in [2.45, 2.75) is 45.0 Å². The SMILES string of the molecule is CCc1ccc(C(O)CSC(C)(C)C)cc1. The maximum atomic E-state index is 10.0. The molecule has 2 heteroatoms. The molecular formula is C14H22OS. The van der Waals surface area contributed by atoms with Gasteiger partial charge in [-0.3, -0.25) is 0 Å². The van der Waals surface area contributed by atoms with Crippen molar-refractivity contribution in [1.29, 1.82) is 0 Å². The number of aliphatic hydroxyl groups excluding tert-OH is 1. The van der Waals surface area contributed by atoms with Crippen LogP contribution in [0.3, 0.4) is 0 Å². The number of aryl methyl sites for hydroxylation is 1. The minimum atomic E-state index is -0.352. The van der Waals surface area contributed by atoms with Gasteiger partial charge in [0.25, 0.3) is 0 Å². The van der Waals surface area contributed by atoms with Gasteiger partial charge in [0.15, 0.2) is 0 Å². The Morgan fingerprint density at radius 3 is 2.19 bits per heavy atom. The summed E-state index contributed by atoms with van der Waals surface area (Å²) in [4.78, 5) is 0. The third-order valence-electron chi connectivity index (χ3n) is 2.45. The quantitative estimate of drug-likeness (QED) is 0.860. The molecule has 1 N–H and O–H groups in total. The molecule has 1 aromatic rings. The summed E-state index contributed by atoms with van der Waals surface area (Å²) in [5.74, 6) is 0.759. The van der Waals surface area contributed by atoms with E-state index in [1.807, 2.05) is 12.1 Å². The highest BCUT2D eigenvalue weighted by Gasteiger charge is 2.14. The summed E-state index contributed by atoms with van der Waals surface area (Å²) in [6.45, 7) is 8.65. The lowest BCUT2D eigenvalue weighted by Crippen LogP contribution is -2.12. The second-order valence-electron chi connectivity index (χ2n) is 5.03. The van der Waals surface area contributed by atoms with Gasteiger partial charge in [-0.25, -0.2) is 0 Å². The molecule has 1 aromatic carbocycles. The highest BCUT2D eigenvalue weighted by atomic mass is 32.2. The molecule has 0 aliphatic heterocycles. The number of aliphatic hydroxyl groups is 1. The fourth-order valence-electron chi connectivity index (χ4n) is 1.40. The Morgan fingerprint density at radius 2 is 1.75 bits per heavy atom. The van der Waals surface area contributed by atoms with Crippen LogP contribution in [0.25, 0.3) is 0 Å². The molecule has 0 heterocycles. The summed E-state index contributed by atoms with van der Waals surface area (Å²) < 4.78 is 0.213. The third kappa shape index (κ3) is 4.58. The molecule has 90 valence electrons. The van der Waals surface area contributed by atoms with Gasteiger partial charge in [-0.05, 0) is 17.5 Å². The van der Waals surface area contributed by atoms with Gasteiger partial charge in [-0.1, -0.05) is 52.0 Å². The summed E-state index contributed by atoms with van der Waals surface area (Å²) in [6, 6.07) is 8.26. The predicted octanol–water partition coefficient (Wildman–Crippen LogP) is 3.81. The first-order chi connectivity index (χ1) is 7.42. The van der Waals surface area contributed by atoms with E-state index in [9.17, 15) is 5.11 Å². The highest BCUT2D eigenvalue weighted by Crippen LogP contribution is 2.28. The molecule has 0 fully saturated rings. The lowest BCUT2D eigenvalue weighted by atomic mass is 10.1. The Morgan fingerprint density at radius 1 is 1.19 bits per heavy atom. The van der Waals surface area contributed by atoms with Gasteiger partial charge in [-0.2, -0.15) is 11.8 Å². The van der Waals surface area contributed by atoms with Crippen LogP contribution in [0.5, 0.6) is 0 Å². The Labute approximate surface area is 103 Å². The van der Waals surface area contributed by atoms with Crippen molar-refractivity contribution in [1.82, 2.24) is 0 Å². The lowest BCUT2D eigenvalue weighted by Gasteiger charge is -2.20. The minimum absolute atomic E-state index is 0.213. The van der Waals surface area contributed by atoms with Crippen LogP contribution >= 0.6 is 11.8 Å². The average Bonchev–Trinajstić information content (AvgIpc) is 2.25. The van der Waals surface area contributed by atoms with Crippen LogP contribution in [-0.4, -0.2) is 15.6 Å². The van der Waals surface area contributed by atoms with Crippen LogP contribution in [0, 0.1) is 0 Å². The first-order valence-electron chi connectivity index (χ1n) is 5.83. The second-order valence-corrected chi connectivity index (χ2v) is 6.88. The Kier molecular flexibility index (Phi) is 4.88. The fraction of sp³-hybridized carbons (Fsp3) is 0.571. The fourth-order valence-corrected chi connectivity index (χ4v) is 2.25. The van der Waals surface area contributed by atoms with E-state index in [0.29, 0.717) is 0 Å². The molecular weight excluding hydrogens is 216 g/mol. The number of benzene rings is 1. The third-order valence-corrected chi connectivity index (χ3v) is 3.80. The summed E-state index contributed by atoms with van der Waals surface area (Å²) >= 11 is 1.80. The van der Waals surface area contributed by atoms with Crippen molar-refractivity contribution in [2.24, 2.45) is 0 Å². The molecule has 0 aromatic heterocycles. The zero-order valence-corrected chi connectivity index (χ0v) is 11.5. The molecule has 0 saturated heterocycles. The van der Waals surface area contributed by atoms with E-state index in [2.05, 4.69) is 39.8 Å². The molecule has 1 unspecified atom stereocenters. The van der Waals surface area contributed by atoms with Crippen molar-refractivity contribution >= 4 is 11.8 Å². The van der Waals surface area contributed by atoms with Gasteiger partial charge in [0, 0.05) is 10.5 Å². The van der Waals surface area contributed by atoms with Gasteiger partial charge >= 0.3 is 0 Å². The van der Waals surface area contributed by atoms with E-state index in [1.165, 1.54) is 5.56 Å². The molecule has 16 heavy (non-hydrogen) atoms. The Bertz CT molecular complexity index is 311. The maximum absolute atomic E-state index is 10.0. The predicted molar refractivity (Wildman–Crippen MR) is 73.0 cm³/mol. The number of rotatable bonds is 4. The minimum Gasteiger partial charge on any atom is -0.388 e. The molecule has 0 spiro atoms. The summed E-state index contributed by atoms with van der Waals surface area (Å²) in [5.41, 5.74) is 2.34. The molecule has 0 radical (unpaired) electrons. The van der Waals surface area contributed by atoms with Crippen LogP contribution < -0.4 is 0 Å². The molecule has 1 atom stereocenters. The molecule has 0 aliphatic carbocycles. The monoisotopic (exact) mass is 238 g/mol. The molecule has 0 bridgehead atoms. The molecule has 0 amide bonds. The molecule has 1 rings (SSSR count). The molecule has 1 nitrogen and oxygen atoms in total. The van der Waals surface area contributed by atoms with E-state index in [4.69, 9.17) is 0 Å². The first-order valence-corrected chi connectivity index (χ1v) is 6.82. The normalized spacial score (nSPS) is 13.8. The second kappa shape index (κ2) is 5.74. The molecule has 0 aliphatic rings. The summed E-state index contributed by atoms with van der Waals surface area (Å²) in [5, 5.41) is 10.0. The van der Waals surface area contributed by atoms with Crippen LogP contribution in [0.4, 0.5) is 0 Å². The van der Waals surface area contributed by atoms with E-state index < -0.39 is 0 Å². The van der Waals surface area contributed by atoms with Crippen molar-refractivity contribution in [3.63, 3.8) is 0 Å². The van der Waals surface area contributed by atoms with Gasteiger partial charge in [0.05, 0.1) is 6.10 Å². The zero-order chi connectivity index (χ0) is 12.2. The van der Waals surface area contributed by atoms with Crippen molar-refractivity contribution in [3.8, 4) is 0 Å². The van der Waals surface area contributed by atoms with E-state index in [1.54, 1.807) is 11.8 Å². The topological polar surface area (TPSA) is 20.2 Å². The van der Waals surface area contributed by atoms with Crippen LogP contribution in [0.15, 0.2) is 24.3 Å². The number of hydrogen-bond donors (Lipinski definition) is 1. The number of hydrogen-bond acceptors (Lipinski definition) is 2. The maximum Gasteiger partial charge on any atom is 0.0880 e. The highest BCUT2D eigenvalue weighted by molar-refractivity contribution is 8.00. The molecule has 0 saturated carbocycles. The van der Waals surface area contributed by atoms with Crippen molar-refractivity contribution in [3.05, 3.63) is 35.4 Å². The summed E-state index contributed by atoms with van der Waals surface area (Å²) in [6.07, 6.45) is 0.697. The Balaban J connectivity index is 2.56. The van der Waals surface area contributed by atoms with Crippen molar-refractivity contribution < 1.29 is 5.11 Å². The van der Waals surface area contributed by atoms with E-state index in [0.717, 1.165) is 17.7 Å². The van der Waals surface area contributed by atoms with Gasteiger partial charge < -0.3 is 5.11 Å². The Hall–Kier alpha value is -0.470. The van der Waals surface area contributed by atoms with Gasteiger partial charge in [-0.15, -0.1) is 0 Å².